The Morgan fingerprint density at radius 2 is 2.10 bits per heavy atom. The van der Waals surface area contributed by atoms with E-state index in [9.17, 15) is 0 Å². The Balaban J connectivity index is 2.10. The first-order valence-electron chi connectivity index (χ1n) is 7.95. The van der Waals surface area contributed by atoms with Crippen molar-refractivity contribution in [1.29, 1.82) is 0 Å². The fourth-order valence-corrected chi connectivity index (χ4v) is 4.12. The number of rotatable bonds is 5. The summed E-state index contributed by atoms with van der Waals surface area (Å²) in [4.78, 5) is 4.20. The molecule has 1 fully saturated rings. The standard InChI is InChI=1S/C17H30N2S/c1-6-17(7-2)13-19(14(3)11-18-17)12-16(4,5)15-9-8-10-20-15/h8-10,14,18H,6-7,11-13H2,1-5H3. The molecule has 2 heterocycles. The van der Waals surface area contributed by atoms with E-state index in [1.807, 2.05) is 11.3 Å². The second-order valence-electron chi connectivity index (χ2n) is 6.98. The van der Waals surface area contributed by atoms with Gasteiger partial charge in [0.1, 0.15) is 0 Å². The lowest BCUT2D eigenvalue weighted by Crippen LogP contribution is -2.64. The quantitative estimate of drug-likeness (QED) is 0.886. The smallest absolute Gasteiger partial charge is 0.0304 e. The van der Waals surface area contributed by atoms with E-state index in [4.69, 9.17) is 0 Å². The van der Waals surface area contributed by atoms with Gasteiger partial charge >= 0.3 is 0 Å². The molecule has 1 N–H and O–H groups in total. The Labute approximate surface area is 128 Å². The van der Waals surface area contributed by atoms with E-state index in [-0.39, 0.29) is 5.41 Å². The second-order valence-corrected chi connectivity index (χ2v) is 7.93. The summed E-state index contributed by atoms with van der Waals surface area (Å²) in [6, 6.07) is 5.08. The van der Waals surface area contributed by atoms with Crippen molar-refractivity contribution in [3.8, 4) is 0 Å². The Morgan fingerprint density at radius 3 is 2.65 bits per heavy atom. The summed E-state index contributed by atoms with van der Waals surface area (Å²) in [6.07, 6.45) is 2.43. The minimum absolute atomic E-state index is 0.243. The molecule has 0 aliphatic carbocycles. The molecule has 0 amide bonds. The van der Waals surface area contributed by atoms with E-state index in [2.05, 4.69) is 62.3 Å². The molecule has 1 aliphatic rings. The second kappa shape index (κ2) is 6.17. The third kappa shape index (κ3) is 3.26. The van der Waals surface area contributed by atoms with Gasteiger partial charge in [0.15, 0.2) is 0 Å². The van der Waals surface area contributed by atoms with Crippen molar-refractivity contribution < 1.29 is 0 Å². The number of hydrogen-bond donors (Lipinski definition) is 1. The van der Waals surface area contributed by atoms with Crippen molar-refractivity contribution in [2.75, 3.05) is 19.6 Å². The minimum Gasteiger partial charge on any atom is -0.308 e. The van der Waals surface area contributed by atoms with Gasteiger partial charge in [0.05, 0.1) is 0 Å². The summed E-state index contributed by atoms with van der Waals surface area (Å²) < 4.78 is 0. The van der Waals surface area contributed by atoms with Gasteiger partial charge in [-0.3, -0.25) is 4.90 Å². The summed E-state index contributed by atoms with van der Waals surface area (Å²) in [6.45, 7) is 15.2. The number of nitrogens with zero attached hydrogens (tertiary/aromatic N) is 1. The summed E-state index contributed by atoms with van der Waals surface area (Å²) in [5, 5.41) is 5.99. The average Bonchev–Trinajstić information content (AvgIpc) is 2.96. The van der Waals surface area contributed by atoms with Crippen LogP contribution in [0.1, 0.15) is 52.3 Å². The van der Waals surface area contributed by atoms with Crippen LogP contribution < -0.4 is 5.32 Å². The first kappa shape index (κ1) is 16.0. The zero-order valence-corrected chi connectivity index (χ0v) is 14.5. The first-order chi connectivity index (χ1) is 9.42. The lowest BCUT2D eigenvalue weighted by atomic mass is 9.85. The van der Waals surface area contributed by atoms with Crippen molar-refractivity contribution in [2.45, 2.75) is 64.5 Å². The molecular formula is C17H30N2S. The Hall–Kier alpha value is -0.380. The van der Waals surface area contributed by atoms with E-state index in [0.717, 1.165) is 13.1 Å². The molecule has 2 nitrogen and oxygen atoms in total. The molecule has 2 rings (SSSR count). The van der Waals surface area contributed by atoms with Gasteiger partial charge in [0.2, 0.25) is 0 Å². The molecule has 0 bridgehead atoms. The monoisotopic (exact) mass is 294 g/mol. The minimum atomic E-state index is 0.243. The Bertz CT molecular complexity index is 407. The lowest BCUT2D eigenvalue weighted by Gasteiger charge is -2.48. The predicted octanol–water partition coefficient (Wildman–Crippen LogP) is 3.88. The molecule has 0 aromatic carbocycles. The van der Waals surface area contributed by atoms with Crippen LogP contribution >= 0.6 is 11.3 Å². The van der Waals surface area contributed by atoms with Gasteiger partial charge in [-0.2, -0.15) is 0 Å². The number of nitrogens with one attached hydrogen (secondary N) is 1. The Morgan fingerprint density at radius 1 is 1.40 bits per heavy atom. The van der Waals surface area contributed by atoms with Crippen LogP contribution in [0.5, 0.6) is 0 Å². The van der Waals surface area contributed by atoms with E-state index in [1.165, 1.54) is 24.3 Å². The third-order valence-electron chi connectivity index (χ3n) is 5.04. The van der Waals surface area contributed by atoms with Crippen molar-refractivity contribution in [3.05, 3.63) is 22.4 Å². The number of thiophene rings is 1. The van der Waals surface area contributed by atoms with E-state index in [1.54, 1.807) is 0 Å². The van der Waals surface area contributed by atoms with Crippen molar-refractivity contribution in [1.82, 2.24) is 10.2 Å². The molecule has 0 radical (unpaired) electrons. The topological polar surface area (TPSA) is 15.3 Å². The largest absolute Gasteiger partial charge is 0.308 e. The van der Waals surface area contributed by atoms with Gasteiger partial charge in [-0.05, 0) is 31.2 Å². The van der Waals surface area contributed by atoms with Crippen LogP contribution in [-0.2, 0) is 5.41 Å². The highest BCUT2D eigenvalue weighted by atomic mass is 32.1. The highest BCUT2D eigenvalue weighted by Gasteiger charge is 2.37. The zero-order chi connectivity index (χ0) is 14.8. The molecule has 3 heteroatoms. The maximum atomic E-state index is 3.79. The highest BCUT2D eigenvalue weighted by molar-refractivity contribution is 7.10. The first-order valence-corrected chi connectivity index (χ1v) is 8.83. The van der Waals surface area contributed by atoms with E-state index >= 15 is 0 Å². The normalized spacial score (nSPS) is 23.9. The predicted molar refractivity (Wildman–Crippen MR) is 89.7 cm³/mol. The molecule has 1 aliphatic heterocycles. The molecule has 20 heavy (non-hydrogen) atoms. The summed E-state index contributed by atoms with van der Waals surface area (Å²) in [5.74, 6) is 0. The molecule has 0 saturated carbocycles. The van der Waals surface area contributed by atoms with Gasteiger partial charge in [-0.1, -0.05) is 33.8 Å². The third-order valence-corrected chi connectivity index (χ3v) is 6.28. The molecule has 1 aromatic rings. The molecule has 1 atom stereocenters. The average molecular weight is 295 g/mol. The molecule has 1 unspecified atom stereocenters. The number of hydrogen-bond acceptors (Lipinski definition) is 3. The SMILES string of the molecule is CCC1(CC)CN(CC(C)(C)c2cccs2)C(C)CN1. The van der Waals surface area contributed by atoms with Gasteiger partial charge in [0.25, 0.3) is 0 Å². The number of piperazine rings is 1. The van der Waals surface area contributed by atoms with E-state index in [0.29, 0.717) is 11.6 Å². The lowest BCUT2D eigenvalue weighted by molar-refractivity contribution is 0.0652. The molecule has 1 saturated heterocycles. The maximum Gasteiger partial charge on any atom is 0.0304 e. The highest BCUT2D eigenvalue weighted by Crippen LogP contribution is 2.31. The zero-order valence-electron chi connectivity index (χ0n) is 13.7. The molecular weight excluding hydrogens is 264 g/mol. The van der Waals surface area contributed by atoms with Crippen LogP contribution in [0.15, 0.2) is 17.5 Å². The van der Waals surface area contributed by atoms with Crippen LogP contribution in [0.3, 0.4) is 0 Å². The van der Waals surface area contributed by atoms with Crippen LogP contribution in [0.25, 0.3) is 0 Å². The van der Waals surface area contributed by atoms with Crippen LogP contribution in [0.4, 0.5) is 0 Å². The van der Waals surface area contributed by atoms with Crippen LogP contribution in [0.2, 0.25) is 0 Å². The van der Waals surface area contributed by atoms with Crippen molar-refractivity contribution in [2.24, 2.45) is 0 Å². The molecule has 0 spiro atoms. The van der Waals surface area contributed by atoms with Crippen molar-refractivity contribution >= 4 is 11.3 Å². The van der Waals surface area contributed by atoms with E-state index < -0.39 is 0 Å². The van der Waals surface area contributed by atoms with Crippen molar-refractivity contribution in [3.63, 3.8) is 0 Å². The summed E-state index contributed by atoms with van der Waals surface area (Å²) in [7, 11) is 0. The van der Waals surface area contributed by atoms with Gasteiger partial charge in [-0.25, -0.2) is 0 Å². The molecule has 1 aromatic heterocycles. The van der Waals surface area contributed by atoms with Gasteiger partial charge < -0.3 is 5.32 Å². The van der Waals surface area contributed by atoms with Crippen LogP contribution in [0, 0.1) is 0 Å². The van der Waals surface area contributed by atoms with Gasteiger partial charge in [-0.15, -0.1) is 11.3 Å². The maximum absolute atomic E-state index is 3.79. The summed E-state index contributed by atoms with van der Waals surface area (Å²) >= 11 is 1.89. The summed E-state index contributed by atoms with van der Waals surface area (Å²) in [5.41, 5.74) is 0.561. The van der Waals surface area contributed by atoms with Crippen LogP contribution in [-0.4, -0.2) is 36.1 Å². The molecule has 114 valence electrons. The fourth-order valence-electron chi connectivity index (χ4n) is 3.28. The fraction of sp³-hybridized carbons (Fsp3) is 0.765. The Kier molecular flexibility index (Phi) is 4.93. The van der Waals surface area contributed by atoms with Gasteiger partial charge in [0, 0.05) is 41.5 Å².